The van der Waals surface area contributed by atoms with E-state index in [1.807, 2.05) is 17.7 Å². The highest BCUT2D eigenvalue weighted by Gasteiger charge is 2.25. The Morgan fingerprint density at radius 2 is 2.12 bits per heavy atom. The number of aryl methyl sites for hydroxylation is 2. The maximum absolute atomic E-state index is 12.5. The molecule has 4 rings (SSSR count). The lowest BCUT2D eigenvalue weighted by molar-refractivity contribution is 0.175. The Kier molecular flexibility index (Phi) is 6.80. The number of methoxy groups -OCH3 is 1. The SMILES string of the molecule is CCCCn1c(=O)[nH]c(=O)c2c1nc(CN1CCCC(c3ccnc(COC)n3)C1)n2C. The van der Waals surface area contributed by atoms with E-state index >= 15 is 0 Å². The number of aromatic amines is 1. The molecule has 1 N–H and O–H groups in total. The topological polar surface area (TPSA) is 111 Å². The minimum atomic E-state index is -0.394. The van der Waals surface area contributed by atoms with Crippen LogP contribution >= 0.6 is 0 Å². The molecule has 172 valence electrons. The van der Waals surface area contributed by atoms with Gasteiger partial charge in [0, 0.05) is 45.1 Å². The van der Waals surface area contributed by atoms with Gasteiger partial charge in [-0.1, -0.05) is 13.3 Å². The number of hydrogen-bond acceptors (Lipinski definition) is 7. The molecule has 1 saturated heterocycles. The average molecular weight is 442 g/mol. The van der Waals surface area contributed by atoms with E-state index in [0.717, 1.165) is 50.3 Å². The first-order valence-corrected chi connectivity index (χ1v) is 11.2. The van der Waals surface area contributed by atoms with E-state index in [1.54, 1.807) is 17.9 Å². The Bertz CT molecular complexity index is 1200. The van der Waals surface area contributed by atoms with E-state index in [4.69, 9.17) is 9.72 Å². The number of imidazole rings is 1. The zero-order chi connectivity index (χ0) is 22.7. The lowest BCUT2D eigenvalue weighted by Gasteiger charge is -2.32. The summed E-state index contributed by atoms with van der Waals surface area (Å²) in [5.41, 5.74) is 1.17. The molecule has 1 unspecified atom stereocenters. The van der Waals surface area contributed by atoms with Crippen LogP contribution in [0.2, 0.25) is 0 Å². The summed E-state index contributed by atoms with van der Waals surface area (Å²) in [5.74, 6) is 1.79. The molecule has 1 aliphatic rings. The summed E-state index contributed by atoms with van der Waals surface area (Å²) in [7, 11) is 3.49. The van der Waals surface area contributed by atoms with E-state index in [2.05, 4.69) is 26.8 Å². The summed E-state index contributed by atoms with van der Waals surface area (Å²) >= 11 is 0. The smallest absolute Gasteiger partial charge is 0.330 e. The van der Waals surface area contributed by atoms with E-state index in [9.17, 15) is 9.59 Å². The van der Waals surface area contributed by atoms with Crippen molar-refractivity contribution in [1.29, 1.82) is 0 Å². The first kappa shape index (κ1) is 22.3. The van der Waals surface area contributed by atoms with Gasteiger partial charge in [-0.2, -0.15) is 0 Å². The quantitative estimate of drug-likeness (QED) is 0.564. The van der Waals surface area contributed by atoms with E-state index in [0.29, 0.717) is 42.6 Å². The maximum Gasteiger partial charge on any atom is 0.330 e. The van der Waals surface area contributed by atoms with Gasteiger partial charge in [0.05, 0.1) is 6.54 Å². The second-order valence-electron chi connectivity index (χ2n) is 8.43. The summed E-state index contributed by atoms with van der Waals surface area (Å²) in [4.78, 5) is 43.3. The molecule has 0 spiro atoms. The first-order valence-electron chi connectivity index (χ1n) is 11.2. The van der Waals surface area contributed by atoms with Gasteiger partial charge in [0.15, 0.2) is 17.0 Å². The van der Waals surface area contributed by atoms with Gasteiger partial charge in [0.25, 0.3) is 5.56 Å². The number of ether oxygens (including phenoxy) is 1. The van der Waals surface area contributed by atoms with Gasteiger partial charge in [0.1, 0.15) is 12.4 Å². The summed E-state index contributed by atoms with van der Waals surface area (Å²) in [5, 5.41) is 0. The lowest BCUT2D eigenvalue weighted by atomic mass is 9.94. The maximum atomic E-state index is 12.5. The number of rotatable bonds is 8. The molecule has 10 nitrogen and oxygen atoms in total. The summed E-state index contributed by atoms with van der Waals surface area (Å²) in [6, 6.07) is 1.98. The van der Waals surface area contributed by atoms with Crippen LogP contribution in [0.3, 0.4) is 0 Å². The Balaban J connectivity index is 1.58. The molecule has 0 radical (unpaired) electrons. The van der Waals surface area contributed by atoms with Crippen LogP contribution in [0.4, 0.5) is 0 Å². The van der Waals surface area contributed by atoms with Crippen molar-refractivity contribution in [3.05, 3.63) is 50.4 Å². The Labute approximate surface area is 186 Å². The highest BCUT2D eigenvalue weighted by molar-refractivity contribution is 5.70. The largest absolute Gasteiger partial charge is 0.377 e. The van der Waals surface area contributed by atoms with Gasteiger partial charge in [-0.05, 0) is 31.9 Å². The molecule has 4 heterocycles. The van der Waals surface area contributed by atoms with E-state index in [1.165, 1.54) is 0 Å². The van der Waals surface area contributed by atoms with Crippen LogP contribution in [0.1, 0.15) is 55.9 Å². The summed E-state index contributed by atoms with van der Waals surface area (Å²) in [6.07, 6.45) is 5.73. The van der Waals surface area contributed by atoms with Crippen LogP contribution in [0.25, 0.3) is 11.2 Å². The molecule has 3 aromatic rings. The van der Waals surface area contributed by atoms with Crippen molar-refractivity contribution in [2.24, 2.45) is 7.05 Å². The van der Waals surface area contributed by atoms with Gasteiger partial charge >= 0.3 is 5.69 Å². The number of likely N-dealkylation sites (tertiary alicyclic amines) is 1. The molecule has 0 saturated carbocycles. The highest BCUT2D eigenvalue weighted by Crippen LogP contribution is 2.26. The molecule has 32 heavy (non-hydrogen) atoms. The van der Waals surface area contributed by atoms with Gasteiger partial charge in [-0.25, -0.2) is 19.7 Å². The fourth-order valence-corrected chi connectivity index (χ4v) is 4.44. The number of nitrogens with zero attached hydrogens (tertiary/aromatic N) is 6. The third kappa shape index (κ3) is 4.51. The second kappa shape index (κ2) is 9.74. The van der Waals surface area contributed by atoms with Crippen LogP contribution in [0.5, 0.6) is 0 Å². The van der Waals surface area contributed by atoms with Crippen molar-refractivity contribution >= 4 is 11.2 Å². The highest BCUT2D eigenvalue weighted by atomic mass is 16.5. The molecule has 0 bridgehead atoms. The van der Waals surface area contributed by atoms with Crippen molar-refractivity contribution in [3.8, 4) is 0 Å². The van der Waals surface area contributed by atoms with Crippen LogP contribution in [-0.4, -0.2) is 54.2 Å². The fourth-order valence-electron chi connectivity index (χ4n) is 4.44. The zero-order valence-corrected chi connectivity index (χ0v) is 19.0. The zero-order valence-electron chi connectivity index (χ0n) is 19.0. The number of H-pyrrole nitrogens is 1. The molecular formula is C22H31N7O3. The summed E-state index contributed by atoms with van der Waals surface area (Å²) < 4.78 is 8.57. The minimum absolute atomic E-state index is 0.308. The molecule has 1 fully saturated rings. The number of nitrogens with one attached hydrogen (secondary N) is 1. The average Bonchev–Trinajstić information content (AvgIpc) is 3.10. The Hall–Kier alpha value is -2.85. The monoisotopic (exact) mass is 441 g/mol. The predicted molar refractivity (Wildman–Crippen MR) is 120 cm³/mol. The van der Waals surface area contributed by atoms with E-state index in [-0.39, 0.29) is 5.56 Å². The van der Waals surface area contributed by atoms with Crippen LogP contribution in [0, 0.1) is 0 Å². The number of piperidine rings is 1. The molecule has 10 heteroatoms. The van der Waals surface area contributed by atoms with Crippen molar-refractivity contribution in [1.82, 2.24) is 34.0 Å². The minimum Gasteiger partial charge on any atom is -0.377 e. The third-order valence-corrected chi connectivity index (χ3v) is 6.13. The first-order chi connectivity index (χ1) is 15.5. The number of hydrogen-bond donors (Lipinski definition) is 1. The molecule has 0 aliphatic carbocycles. The van der Waals surface area contributed by atoms with Gasteiger partial charge in [0.2, 0.25) is 0 Å². The normalized spacial score (nSPS) is 17.3. The van der Waals surface area contributed by atoms with Crippen molar-refractivity contribution in [2.75, 3.05) is 20.2 Å². The second-order valence-corrected chi connectivity index (χ2v) is 8.43. The van der Waals surface area contributed by atoms with Gasteiger partial charge in [-0.3, -0.25) is 19.2 Å². The standard InChI is InChI=1S/C22H31N7O3/c1-4-5-11-29-20-19(21(30)26-22(29)31)27(2)18(25-20)13-28-10-6-7-15(12-28)16-8-9-23-17(24-16)14-32-3/h8-9,15H,4-7,10-14H2,1-3H3,(H,26,30,31). The van der Waals surface area contributed by atoms with Crippen LogP contribution < -0.4 is 11.2 Å². The Morgan fingerprint density at radius 3 is 2.91 bits per heavy atom. The fraction of sp³-hybridized carbons (Fsp3) is 0.591. The number of aromatic nitrogens is 6. The lowest BCUT2D eigenvalue weighted by Crippen LogP contribution is -2.35. The number of fused-ring (bicyclic) bond motifs is 1. The van der Waals surface area contributed by atoms with Crippen LogP contribution in [0.15, 0.2) is 21.9 Å². The molecule has 0 aromatic carbocycles. The van der Waals surface area contributed by atoms with Crippen molar-refractivity contribution in [2.45, 2.75) is 58.2 Å². The molecular weight excluding hydrogens is 410 g/mol. The number of unbranched alkanes of at least 4 members (excludes halogenated alkanes) is 1. The van der Waals surface area contributed by atoms with Crippen LogP contribution in [-0.2, 0) is 31.5 Å². The third-order valence-electron chi connectivity index (χ3n) is 6.13. The Morgan fingerprint density at radius 1 is 1.28 bits per heavy atom. The van der Waals surface area contributed by atoms with Gasteiger partial charge < -0.3 is 9.30 Å². The van der Waals surface area contributed by atoms with Gasteiger partial charge in [-0.15, -0.1) is 0 Å². The van der Waals surface area contributed by atoms with Crippen molar-refractivity contribution < 1.29 is 4.74 Å². The van der Waals surface area contributed by atoms with Crippen molar-refractivity contribution in [3.63, 3.8) is 0 Å². The predicted octanol–water partition coefficient (Wildman–Crippen LogP) is 1.54. The molecule has 0 amide bonds. The molecule has 3 aromatic heterocycles. The molecule has 1 aliphatic heterocycles. The molecule has 1 atom stereocenters. The van der Waals surface area contributed by atoms with E-state index < -0.39 is 5.69 Å². The summed E-state index contributed by atoms with van der Waals surface area (Å²) in [6.45, 7) is 5.43.